The third-order valence-corrected chi connectivity index (χ3v) is 5.66. The zero-order valence-electron chi connectivity index (χ0n) is 16.8. The van der Waals surface area contributed by atoms with Crippen LogP contribution in [0.25, 0.3) is 27.8 Å². The topological polar surface area (TPSA) is 83.8 Å². The summed E-state index contributed by atoms with van der Waals surface area (Å²) >= 11 is 0. The van der Waals surface area contributed by atoms with Crippen LogP contribution in [0.4, 0.5) is 5.82 Å². The third-order valence-electron chi connectivity index (χ3n) is 5.66. The molecule has 0 aliphatic carbocycles. The SMILES string of the molecule is Cc1ccc(-n2nc3c(N4CC[C@@H](N)C4)nccc3c2-c2ccc(C#N)cc2)cc1. The lowest BCUT2D eigenvalue weighted by molar-refractivity contribution is 0.751. The van der Waals surface area contributed by atoms with Gasteiger partial charge in [0.2, 0.25) is 0 Å². The van der Waals surface area contributed by atoms with E-state index in [0.29, 0.717) is 5.56 Å². The molecule has 0 bridgehead atoms. The maximum absolute atomic E-state index is 9.18. The number of benzene rings is 2. The molecular weight excluding hydrogens is 372 g/mol. The van der Waals surface area contributed by atoms with Crippen molar-refractivity contribution in [1.82, 2.24) is 14.8 Å². The van der Waals surface area contributed by atoms with Crippen molar-refractivity contribution in [3.05, 3.63) is 71.9 Å². The number of rotatable bonds is 3. The van der Waals surface area contributed by atoms with E-state index in [9.17, 15) is 5.26 Å². The number of aromatic nitrogens is 3. The standard InChI is InChI=1S/C24H22N6/c1-16-2-8-20(9-3-16)30-23(18-6-4-17(14-25)5-7-18)21-10-12-27-24(22(21)28-30)29-13-11-19(26)15-29/h2-10,12,19H,11,13,15,26H2,1H3/t19-/m1/s1. The largest absolute Gasteiger partial charge is 0.353 e. The van der Waals surface area contributed by atoms with E-state index in [1.165, 1.54) is 5.56 Å². The molecule has 0 saturated carbocycles. The van der Waals surface area contributed by atoms with E-state index in [0.717, 1.165) is 53.2 Å². The zero-order valence-corrected chi connectivity index (χ0v) is 16.8. The molecule has 0 unspecified atom stereocenters. The molecule has 0 radical (unpaired) electrons. The molecule has 2 N–H and O–H groups in total. The van der Waals surface area contributed by atoms with Crippen LogP contribution in [0.3, 0.4) is 0 Å². The van der Waals surface area contributed by atoms with E-state index in [-0.39, 0.29) is 6.04 Å². The van der Waals surface area contributed by atoms with E-state index in [4.69, 9.17) is 10.8 Å². The highest BCUT2D eigenvalue weighted by molar-refractivity contribution is 5.99. The molecule has 1 fully saturated rings. The van der Waals surface area contributed by atoms with Gasteiger partial charge in [-0.15, -0.1) is 0 Å². The summed E-state index contributed by atoms with van der Waals surface area (Å²) in [5.74, 6) is 0.876. The molecule has 0 amide bonds. The fraction of sp³-hybridized carbons (Fsp3) is 0.208. The first-order valence-electron chi connectivity index (χ1n) is 10.1. The van der Waals surface area contributed by atoms with Crippen molar-refractivity contribution in [3.8, 4) is 23.0 Å². The highest BCUT2D eigenvalue weighted by Crippen LogP contribution is 2.35. The Morgan fingerprint density at radius 1 is 1.07 bits per heavy atom. The summed E-state index contributed by atoms with van der Waals surface area (Å²) in [6.07, 6.45) is 2.80. The van der Waals surface area contributed by atoms with Crippen LogP contribution < -0.4 is 10.6 Å². The lowest BCUT2D eigenvalue weighted by Crippen LogP contribution is -2.27. The lowest BCUT2D eigenvalue weighted by Gasteiger charge is -2.16. The molecule has 148 valence electrons. The smallest absolute Gasteiger partial charge is 0.157 e. The molecule has 1 aliphatic heterocycles. The molecule has 1 saturated heterocycles. The molecule has 6 heteroatoms. The van der Waals surface area contributed by atoms with Crippen LogP contribution in [0.15, 0.2) is 60.8 Å². The number of nitrogens with two attached hydrogens (primary N) is 1. The Labute approximate surface area is 175 Å². The average molecular weight is 394 g/mol. The Hall–Kier alpha value is -3.69. The average Bonchev–Trinajstić information content (AvgIpc) is 3.38. The Balaban J connectivity index is 1.75. The summed E-state index contributed by atoms with van der Waals surface area (Å²) in [6, 6.07) is 20.3. The number of hydrogen-bond acceptors (Lipinski definition) is 5. The lowest BCUT2D eigenvalue weighted by atomic mass is 10.1. The summed E-state index contributed by atoms with van der Waals surface area (Å²) in [4.78, 5) is 6.88. The van der Waals surface area contributed by atoms with Crippen molar-refractivity contribution in [2.75, 3.05) is 18.0 Å². The predicted octanol–water partition coefficient (Wildman–Crippen LogP) is 3.81. The van der Waals surface area contributed by atoms with Gasteiger partial charge in [0.1, 0.15) is 5.52 Å². The molecule has 5 rings (SSSR count). The number of anilines is 1. The van der Waals surface area contributed by atoms with Crippen molar-refractivity contribution < 1.29 is 0 Å². The maximum Gasteiger partial charge on any atom is 0.157 e. The van der Waals surface area contributed by atoms with Crippen molar-refractivity contribution in [2.24, 2.45) is 5.73 Å². The van der Waals surface area contributed by atoms with Gasteiger partial charge in [-0.25, -0.2) is 9.67 Å². The van der Waals surface area contributed by atoms with Crippen LogP contribution in [0.1, 0.15) is 17.5 Å². The summed E-state index contributed by atoms with van der Waals surface area (Å²) in [5, 5.41) is 15.2. The van der Waals surface area contributed by atoms with E-state index in [1.54, 1.807) is 0 Å². The number of aryl methyl sites for hydroxylation is 1. The number of hydrogen-bond donors (Lipinski definition) is 1. The van der Waals surface area contributed by atoms with E-state index >= 15 is 0 Å². The van der Waals surface area contributed by atoms with Gasteiger partial charge in [0.25, 0.3) is 0 Å². The van der Waals surface area contributed by atoms with Crippen LogP contribution in [-0.2, 0) is 0 Å². The molecule has 1 aliphatic rings. The molecule has 3 heterocycles. The molecular formula is C24H22N6. The van der Waals surface area contributed by atoms with Crippen LogP contribution in [-0.4, -0.2) is 33.9 Å². The first kappa shape index (κ1) is 18.3. The molecule has 0 spiro atoms. The van der Waals surface area contributed by atoms with Crippen molar-refractivity contribution in [3.63, 3.8) is 0 Å². The van der Waals surface area contributed by atoms with Crippen molar-refractivity contribution >= 4 is 16.7 Å². The van der Waals surface area contributed by atoms with Crippen molar-refractivity contribution in [1.29, 1.82) is 5.26 Å². The van der Waals surface area contributed by atoms with Gasteiger partial charge in [-0.2, -0.15) is 10.4 Å². The van der Waals surface area contributed by atoms with Gasteiger partial charge < -0.3 is 10.6 Å². The van der Waals surface area contributed by atoms with Gasteiger partial charge in [0.05, 0.1) is 23.0 Å². The number of pyridine rings is 1. The fourth-order valence-corrected chi connectivity index (χ4v) is 4.06. The second-order valence-electron chi connectivity index (χ2n) is 7.81. The minimum atomic E-state index is 0.166. The summed E-state index contributed by atoms with van der Waals surface area (Å²) in [7, 11) is 0. The minimum absolute atomic E-state index is 0.166. The van der Waals surface area contributed by atoms with E-state index < -0.39 is 0 Å². The van der Waals surface area contributed by atoms with Gasteiger partial charge in [-0.3, -0.25) is 0 Å². The predicted molar refractivity (Wildman–Crippen MR) is 119 cm³/mol. The van der Waals surface area contributed by atoms with Crippen LogP contribution in [0, 0.1) is 18.3 Å². The van der Waals surface area contributed by atoms with Gasteiger partial charge in [0.15, 0.2) is 5.82 Å². The molecule has 1 atom stereocenters. The van der Waals surface area contributed by atoms with Gasteiger partial charge in [0, 0.05) is 36.3 Å². The highest BCUT2D eigenvalue weighted by Gasteiger charge is 2.25. The second kappa shape index (κ2) is 7.29. The normalized spacial score (nSPS) is 16.2. The van der Waals surface area contributed by atoms with E-state index in [1.807, 2.05) is 41.2 Å². The maximum atomic E-state index is 9.18. The van der Waals surface area contributed by atoms with E-state index in [2.05, 4.69) is 47.1 Å². The molecule has 2 aromatic carbocycles. The van der Waals surface area contributed by atoms with Gasteiger partial charge >= 0.3 is 0 Å². The van der Waals surface area contributed by atoms with Gasteiger partial charge in [-0.05, 0) is 43.7 Å². The third kappa shape index (κ3) is 3.10. The summed E-state index contributed by atoms with van der Waals surface area (Å²) < 4.78 is 1.98. The van der Waals surface area contributed by atoms with Crippen LogP contribution >= 0.6 is 0 Å². The first-order valence-corrected chi connectivity index (χ1v) is 10.1. The Kier molecular flexibility index (Phi) is 4.46. The second-order valence-corrected chi connectivity index (χ2v) is 7.81. The molecule has 4 aromatic rings. The van der Waals surface area contributed by atoms with Gasteiger partial charge in [-0.1, -0.05) is 29.8 Å². The molecule has 6 nitrogen and oxygen atoms in total. The summed E-state index contributed by atoms with van der Waals surface area (Å²) in [6.45, 7) is 3.75. The Morgan fingerprint density at radius 2 is 1.83 bits per heavy atom. The Morgan fingerprint density at radius 3 is 2.50 bits per heavy atom. The number of fused-ring (bicyclic) bond motifs is 1. The molecule has 2 aromatic heterocycles. The quantitative estimate of drug-likeness (QED) is 0.571. The fourth-order valence-electron chi connectivity index (χ4n) is 4.06. The first-order chi connectivity index (χ1) is 14.6. The molecule has 30 heavy (non-hydrogen) atoms. The number of nitrogens with zero attached hydrogens (tertiary/aromatic N) is 5. The Bertz CT molecular complexity index is 1250. The minimum Gasteiger partial charge on any atom is -0.353 e. The van der Waals surface area contributed by atoms with Crippen LogP contribution in [0.2, 0.25) is 0 Å². The van der Waals surface area contributed by atoms with Crippen molar-refractivity contribution in [2.45, 2.75) is 19.4 Å². The zero-order chi connectivity index (χ0) is 20.7. The van der Waals surface area contributed by atoms with Crippen LogP contribution in [0.5, 0.6) is 0 Å². The summed E-state index contributed by atoms with van der Waals surface area (Å²) in [5.41, 5.74) is 11.8. The monoisotopic (exact) mass is 394 g/mol. The number of nitriles is 1. The highest BCUT2D eigenvalue weighted by atomic mass is 15.3.